The molecule has 1 aliphatic rings. The van der Waals surface area contributed by atoms with E-state index in [0.717, 1.165) is 6.42 Å². The summed E-state index contributed by atoms with van der Waals surface area (Å²) in [4.78, 5) is 11.8. The molecule has 1 aromatic carbocycles. The van der Waals surface area contributed by atoms with Crippen molar-refractivity contribution in [2.24, 2.45) is 5.92 Å². The van der Waals surface area contributed by atoms with Crippen molar-refractivity contribution < 1.29 is 9.90 Å². The highest BCUT2D eigenvalue weighted by atomic mass is 16.3. The van der Waals surface area contributed by atoms with Crippen LogP contribution in [0.25, 0.3) is 0 Å². The molecule has 1 saturated carbocycles. The number of nitrogens with one attached hydrogen (secondary N) is 1. The number of hydrogen-bond donors (Lipinski definition) is 2. The molecule has 0 spiro atoms. The average molecular weight is 233 g/mol. The lowest BCUT2D eigenvalue weighted by Crippen LogP contribution is -2.28. The third kappa shape index (κ3) is 3.30. The van der Waals surface area contributed by atoms with Crippen LogP contribution in [0.4, 0.5) is 0 Å². The van der Waals surface area contributed by atoms with Gasteiger partial charge in [0.2, 0.25) is 5.91 Å². The van der Waals surface area contributed by atoms with Crippen LogP contribution >= 0.6 is 0 Å². The summed E-state index contributed by atoms with van der Waals surface area (Å²) in [5.41, 5.74) is 1.25. The molecule has 0 heterocycles. The van der Waals surface area contributed by atoms with Crippen molar-refractivity contribution in [3.63, 3.8) is 0 Å². The van der Waals surface area contributed by atoms with Crippen molar-refractivity contribution in [1.82, 2.24) is 5.32 Å². The zero-order chi connectivity index (χ0) is 12.3. The fourth-order valence-corrected chi connectivity index (χ4v) is 2.09. The van der Waals surface area contributed by atoms with Crippen molar-refractivity contribution in [3.8, 4) is 0 Å². The first-order chi connectivity index (χ1) is 8.18. The minimum absolute atomic E-state index is 0.125. The van der Waals surface area contributed by atoms with Crippen LogP contribution in [0.3, 0.4) is 0 Å². The van der Waals surface area contributed by atoms with Crippen molar-refractivity contribution in [1.29, 1.82) is 0 Å². The monoisotopic (exact) mass is 233 g/mol. The molecule has 3 unspecified atom stereocenters. The van der Waals surface area contributed by atoms with E-state index in [-0.39, 0.29) is 17.9 Å². The molecule has 3 nitrogen and oxygen atoms in total. The average Bonchev–Trinajstić information content (AvgIpc) is 3.09. The molecule has 0 bridgehead atoms. The lowest BCUT2D eigenvalue weighted by atomic mass is 10.1. The lowest BCUT2D eigenvalue weighted by molar-refractivity contribution is -0.122. The van der Waals surface area contributed by atoms with Crippen LogP contribution in [0.5, 0.6) is 0 Å². The number of carbonyl (C=O) groups is 1. The fourth-order valence-electron chi connectivity index (χ4n) is 2.09. The van der Waals surface area contributed by atoms with E-state index in [1.165, 1.54) is 5.56 Å². The quantitative estimate of drug-likeness (QED) is 0.813. The Morgan fingerprint density at radius 3 is 2.82 bits per heavy atom. The van der Waals surface area contributed by atoms with E-state index in [4.69, 9.17) is 5.11 Å². The van der Waals surface area contributed by atoms with E-state index in [9.17, 15) is 4.79 Å². The molecule has 0 saturated heterocycles. The summed E-state index contributed by atoms with van der Waals surface area (Å²) in [6.45, 7) is 2.30. The molecule has 17 heavy (non-hydrogen) atoms. The summed E-state index contributed by atoms with van der Waals surface area (Å²) in [7, 11) is 0. The van der Waals surface area contributed by atoms with Gasteiger partial charge in [-0.05, 0) is 31.2 Å². The number of rotatable bonds is 5. The zero-order valence-corrected chi connectivity index (χ0v) is 10.1. The maximum absolute atomic E-state index is 11.8. The summed E-state index contributed by atoms with van der Waals surface area (Å²) >= 11 is 0. The van der Waals surface area contributed by atoms with Gasteiger partial charge in [-0.25, -0.2) is 0 Å². The molecular weight excluding hydrogens is 214 g/mol. The highest BCUT2D eigenvalue weighted by Crippen LogP contribution is 2.47. The largest absolute Gasteiger partial charge is 0.393 e. The number of hydrogen-bond acceptors (Lipinski definition) is 2. The highest BCUT2D eigenvalue weighted by Gasteiger charge is 2.43. The number of amides is 1. The SMILES string of the molecule is CC(O)CCNC(=O)C1CC1c1ccccc1. The van der Waals surface area contributed by atoms with E-state index in [1.54, 1.807) is 6.92 Å². The summed E-state index contributed by atoms with van der Waals surface area (Å²) in [6.07, 6.45) is 1.22. The molecule has 0 aliphatic heterocycles. The predicted molar refractivity (Wildman–Crippen MR) is 66.6 cm³/mol. The zero-order valence-electron chi connectivity index (χ0n) is 10.1. The van der Waals surface area contributed by atoms with Gasteiger partial charge >= 0.3 is 0 Å². The van der Waals surface area contributed by atoms with Crippen molar-refractivity contribution >= 4 is 5.91 Å². The van der Waals surface area contributed by atoms with E-state index in [2.05, 4.69) is 17.4 Å². The Kier molecular flexibility index (Phi) is 3.79. The minimum atomic E-state index is -0.348. The van der Waals surface area contributed by atoms with Gasteiger partial charge in [-0.1, -0.05) is 30.3 Å². The molecule has 1 aliphatic carbocycles. The van der Waals surface area contributed by atoms with Gasteiger partial charge in [0, 0.05) is 12.5 Å². The van der Waals surface area contributed by atoms with Gasteiger partial charge in [-0.2, -0.15) is 0 Å². The Morgan fingerprint density at radius 1 is 1.47 bits per heavy atom. The van der Waals surface area contributed by atoms with E-state index in [0.29, 0.717) is 18.9 Å². The summed E-state index contributed by atoms with van der Waals surface area (Å²) < 4.78 is 0. The Balaban J connectivity index is 1.77. The lowest BCUT2D eigenvalue weighted by Gasteiger charge is -2.06. The number of benzene rings is 1. The van der Waals surface area contributed by atoms with Crippen molar-refractivity contribution in [2.75, 3.05) is 6.54 Å². The molecule has 3 heteroatoms. The predicted octanol–water partition coefficient (Wildman–Crippen LogP) is 1.68. The van der Waals surface area contributed by atoms with Crippen LogP contribution in [0.15, 0.2) is 30.3 Å². The van der Waals surface area contributed by atoms with Crippen LogP contribution < -0.4 is 5.32 Å². The molecule has 1 amide bonds. The molecule has 92 valence electrons. The van der Waals surface area contributed by atoms with Crippen LogP contribution in [-0.2, 0) is 4.79 Å². The van der Waals surface area contributed by atoms with E-state index >= 15 is 0 Å². The van der Waals surface area contributed by atoms with Gasteiger partial charge in [-0.3, -0.25) is 4.79 Å². The van der Waals surface area contributed by atoms with Gasteiger partial charge in [0.25, 0.3) is 0 Å². The Hall–Kier alpha value is -1.35. The summed E-state index contributed by atoms with van der Waals surface area (Å²) in [6, 6.07) is 10.2. The number of carbonyl (C=O) groups excluding carboxylic acids is 1. The van der Waals surface area contributed by atoms with Gasteiger partial charge in [0.05, 0.1) is 6.10 Å². The first kappa shape index (κ1) is 12.1. The van der Waals surface area contributed by atoms with E-state index in [1.807, 2.05) is 18.2 Å². The topological polar surface area (TPSA) is 49.3 Å². The molecule has 3 atom stereocenters. The smallest absolute Gasteiger partial charge is 0.223 e. The van der Waals surface area contributed by atoms with Crippen LogP contribution in [0.1, 0.15) is 31.2 Å². The number of aliphatic hydroxyl groups is 1. The van der Waals surface area contributed by atoms with Crippen LogP contribution in [0, 0.1) is 5.92 Å². The normalized spacial score (nSPS) is 24.1. The third-order valence-corrected chi connectivity index (χ3v) is 3.22. The van der Waals surface area contributed by atoms with Crippen molar-refractivity contribution in [2.45, 2.75) is 31.8 Å². The maximum Gasteiger partial charge on any atom is 0.223 e. The van der Waals surface area contributed by atoms with Crippen LogP contribution in [0.2, 0.25) is 0 Å². The Morgan fingerprint density at radius 2 is 2.18 bits per heavy atom. The maximum atomic E-state index is 11.8. The van der Waals surface area contributed by atoms with Gasteiger partial charge < -0.3 is 10.4 Å². The first-order valence-electron chi connectivity index (χ1n) is 6.19. The molecular formula is C14H19NO2. The molecule has 1 fully saturated rings. The molecule has 0 radical (unpaired) electrons. The van der Waals surface area contributed by atoms with Gasteiger partial charge in [0.15, 0.2) is 0 Å². The van der Waals surface area contributed by atoms with Gasteiger partial charge in [-0.15, -0.1) is 0 Å². The molecule has 1 aromatic rings. The summed E-state index contributed by atoms with van der Waals surface area (Å²) in [5.74, 6) is 0.647. The Bertz CT molecular complexity index is 375. The highest BCUT2D eigenvalue weighted by molar-refractivity contribution is 5.82. The van der Waals surface area contributed by atoms with Gasteiger partial charge in [0.1, 0.15) is 0 Å². The summed E-state index contributed by atoms with van der Waals surface area (Å²) in [5, 5.41) is 12.0. The molecule has 2 N–H and O–H groups in total. The standard InChI is InChI=1S/C14H19NO2/c1-10(16)7-8-15-14(17)13-9-12(13)11-5-3-2-4-6-11/h2-6,10,12-13,16H,7-9H2,1H3,(H,15,17). The number of aliphatic hydroxyl groups excluding tert-OH is 1. The molecule has 0 aromatic heterocycles. The second kappa shape index (κ2) is 5.32. The Labute approximate surface area is 102 Å². The van der Waals surface area contributed by atoms with Crippen LogP contribution in [-0.4, -0.2) is 23.7 Å². The van der Waals surface area contributed by atoms with E-state index < -0.39 is 0 Å². The fraction of sp³-hybridized carbons (Fsp3) is 0.500. The second-order valence-corrected chi connectivity index (χ2v) is 4.79. The minimum Gasteiger partial charge on any atom is -0.393 e. The third-order valence-electron chi connectivity index (χ3n) is 3.22. The molecule has 2 rings (SSSR count). The van der Waals surface area contributed by atoms with Crippen molar-refractivity contribution in [3.05, 3.63) is 35.9 Å². The first-order valence-corrected chi connectivity index (χ1v) is 6.19. The second-order valence-electron chi connectivity index (χ2n) is 4.79.